The minimum Gasteiger partial charge on any atom is -0.306 e. The molecule has 13 heavy (non-hydrogen) atoms. The minimum atomic E-state index is 0.230. The van der Waals surface area contributed by atoms with Crippen LogP contribution in [0.4, 0.5) is 0 Å². The van der Waals surface area contributed by atoms with E-state index in [2.05, 4.69) is 6.08 Å². The number of nitrogens with zero attached hydrogens (tertiary/aromatic N) is 1. The first-order valence-electron chi connectivity index (χ1n) is 4.19. The molecule has 0 aromatic rings. The van der Waals surface area contributed by atoms with E-state index in [1.807, 2.05) is 18.4 Å². The molecule has 70 valence electrons. The summed E-state index contributed by atoms with van der Waals surface area (Å²) in [5.41, 5.74) is 0. The molecule has 2 aliphatic rings. The van der Waals surface area contributed by atoms with Crippen molar-refractivity contribution in [3.8, 4) is 0 Å². The van der Waals surface area contributed by atoms with Crippen molar-refractivity contribution in [1.82, 2.24) is 4.90 Å². The number of fused-ring (bicyclic) bond motifs is 1. The average molecular weight is 216 g/mol. The van der Waals surface area contributed by atoms with Crippen LogP contribution in [0.2, 0.25) is 0 Å². The first-order chi connectivity index (χ1) is 6.31. The number of β-lactam (4-membered cyclic amide) rings is 1. The fraction of sp³-hybridized carbons (Fsp3) is 0.444. The predicted octanol–water partition coefficient (Wildman–Crippen LogP) is 1.97. The van der Waals surface area contributed by atoms with Crippen LogP contribution >= 0.6 is 23.4 Å². The maximum absolute atomic E-state index is 11.0. The number of hydrogen-bond acceptors (Lipinski definition) is 2. The average Bonchev–Trinajstić information content (AvgIpc) is 2.13. The lowest BCUT2D eigenvalue weighted by Gasteiger charge is -2.41. The second-order valence-corrected chi connectivity index (χ2v) is 4.65. The summed E-state index contributed by atoms with van der Waals surface area (Å²) in [6.45, 7) is 0. The lowest BCUT2D eigenvalue weighted by molar-refractivity contribution is -0.137. The molecule has 0 aromatic carbocycles. The van der Waals surface area contributed by atoms with E-state index in [1.165, 1.54) is 0 Å². The Bertz CT molecular complexity index is 277. The van der Waals surface area contributed by atoms with Crippen LogP contribution in [0.1, 0.15) is 6.42 Å². The zero-order chi connectivity index (χ0) is 9.26. The largest absolute Gasteiger partial charge is 0.306 e. The van der Waals surface area contributed by atoms with E-state index >= 15 is 0 Å². The second kappa shape index (κ2) is 3.76. The van der Waals surface area contributed by atoms with E-state index in [9.17, 15) is 4.79 Å². The molecular formula is C9H10ClNOS. The number of thioether (sulfide) groups is 1. The molecule has 0 radical (unpaired) electrons. The van der Waals surface area contributed by atoms with E-state index in [0.717, 1.165) is 0 Å². The summed E-state index contributed by atoms with van der Waals surface area (Å²) >= 11 is 7.34. The van der Waals surface area contributed by atoms with Gasteiger partial charge in [0.05, 0.1) is 11.8 Å². The standard InChI is InChI=1S/C9H10ClNOS/c10-4-1-2-7-3-5-11-8(12)6-9(11)13-7/h1-3,5,7,9H,4,6H2/t7?,9-/m1/s1. The maximum Gasteiger partial charge on any atom is 0.230 e. The molecule has 1 saturated heterocycles. The third-order valence-corrected chi connectivity index (χ3v) is 3.63. The van der Waals surface area contributed by atoms with E-state index in [0.29, 0.717) is 22.9 Å². The molecular weight excluding hydrogens is 206 g/mol. The molecule has 4 heteroatoms. The summed E-state index contributed by atoms with van der Waals surface area (Å²) in [7, 11) is 0. The quantitative estimate of drug-likeness (QED) is 0.399. The topological polar surface area (TPSA) is 20.3 Å². The van der Waals surface area contributed by atoms with Gasteiger partial charge in [-0.1, -0.05) is 18.2 Å². The molecule has 0 bridgehead atoms. The van der Waals surface area contributed by atoms with Crippen molar-refractivity contribution in [3.05, 3.63) is 24.4 Å². The van der Waals surface area contributed by atoms with Gasteiger partial charge in [0, 0.05) is 17.3 Å². The monoisotopic (exact) mass is 215 g/mol. The fourth-order valence-electron chi connectivity index (χ4n) is 1.39. The Morgan fingerprint density at radius 2 is 2.62 bits per heavy atom. The Morgan fingerprint density at radius 1 is 1.77 bits per heavy atom. The number of halogens is 1. The van der Waals surface area contributed by atoms with Gasteiger partial charge in [0.2, 0.25) is 5.91 Å². The SMILES string of the molecule is O=C1C[C@H]2SC(C=CCCl)C=CN12. The Balaban J connectivity index is 1.97. The molecule has 0 spiro atoms. The third kappa shape index (κ3) is 1.76. The van der Waals surface area contributed by atoms with Crippen molar-refractivity contribution in [2.24, 2.45) is 0 Å². The van der Waals surface area contributed by atoms with Gasteiger partial charge in [0.25, 0.3) is 0 Å². The molecule has 1 unspecified atom stereocenters. The summed E-state index contributed by atoms with van der Waals surface area (Å²) in [5, 5.41) is 0.746. The van der Waals surface area contributed by atoms with Crippen LogP contribution < -0.4 is 0 Å². The van der Waals surface area contributed by atoms with E-state index in [1.54, 1.807) is 16.7 Å². The molecule has 2 rings (SSSR count). The maximum atomic E-state index is 11.0. The number of rotatable bonds is 2. The highest BCUT2D eigenvalue weighted by atomic mass is 35.5. The van der Waals surface area contributed by atoms with Gasteiger partial charge in [-0.15, -0.1) is 23.4 Å². The summed E-state index contributed by atoms with van der Waals surface area (Å²) < 4.78 is 0. The van der Waals surface area contributed by atoms with Crippen LogP contribution in [-0.4, -0.2) is 27.3 Å². The predicted molar refractivity (Wildman–Crippen MR) is 55.6 cm³/mol. The first-order valence-corrected chi connectivity index (χ1v) is 5.66. The number of amides is 1. The van der Waals surface area contributed by atoms with Crippen LogP contribution in [0.25, 0.3) is 0 Å². The lowest BCUT2D eigenvalue weighted by Crippen LogP contribution is -2.49. The van der Waals surface area contributed by atoms with Crippen LogP contribution in [0.15, 0.2) is 24.4 Å². The zero-order valence-electron chi connectivity index (χ0n) is 7.02. The number of carbonyl (C=O) groups is 1. The summed E-state index contributed by atoms with van der Waals surface area (Å²) in [5.74, 6) is 0.784. The Kier molecular flexibility index (Phi) is 2.65. The van der Waals surface area contributed by atoms with Crippen LogP contribution in [0.5, 0.6) is 0 Å². The van der Waals surface area contributed by atoms with E-state index in [4.69, 9.17) is 11.6 Å². The van der Waals surface area contributed by atoms with Crippen molar-refractivity contribution in [3.63, 3.8) is 0 Å². The number of carbonyl (C=O) groups excluding carboxylic acids is 1. The summed E-state index contributed by atoms with van der Waals surface area (Å²) in [6.07, 6.45) is 8.62. The van der Waals surface area contributed by atoms with Gasteiger partial charge >= 0.3 is 0 Å². The van der Waals surface area contributed by atoms with Gasteiger partial charge in [-0.3, -0.25) is 4.79 Å². The van der Waals surface area contributed by atoms with Crippen LogP contribution in [0.3, 0.4) is 0 Å². The normalized spacial score (nSPS) is 32.1. The number of alkyl halides is 1. The second-order valence-electron chi connectivity index (χ2n) is 2.98. The molecule has 2 heterocycles. The fourth-order valence-corrected chi connectivity index (χ4v) is 2.78. The van der Waals surface area contributed by atoms with Crippen LogP contribution in [0, 0.1) is 0 Å². The van der Waals surface area contributed by atoms with Gasteiger partial charge in [-0.05, 0) is 0 Å². The van der Waals surface area contributed by atoms with Gasteiger partial charge < -0.3 is 4.90 Å². The van der Waals surface area contributed by atoms with Crippen LogP contribution in [-0.2, 0) is 4.79 Å². The van der Waals surface area contributed by atoms with E-state index < -0.39 is 0 Å². The Labute approximate surface area is 86.6 Å². The zero-order valence-corrected chi connectivity index (χ0v) is 8.59. The van der Waals surface area contributed by atoms with Gasteiger partial charge in [-0.2, -0.15) is 0 Å². The summed E-state index contributed by atoms with van der Waals surface area (Å²) in [6, 6.07) is 0. The molecule has 1 fully saturated rings. The van der Waals surface area contributed by atoms with Gasteiger partial charge in [-0.25, -0.2) is 0 Å². The Hall–Kier alpha value is -0.410. The highest BCUT2D eigenvalue weighted by Gasteiger charge is 2.38. The minimum absolute atomic E-state index is 0.230. The lowest BCUT2D eigenvalue weighted by atomic mass is 10.2. The highest BCUT2D eigenvalue weighted by molar-refractivity contribution is 8.00. The smallest absolute Gasteiger partial charge is 0.230 e. The van der Waals surface area contributed by atoms with Crippen molar-refractivity contribution < 1.29 is 4.79 Å². The molecule has 0 aromatic heterocycles. The molecule has 0 aliphatic carbocycles. The molecule has 0 saturated carbocycles. The molecule has 2 atom stereocenters. The van der Waals surface area contributed by atoms with Crippen molar-refractivity contribution in [1.29, 1.82) is 0 Å². The molecule has 0 N–H and O–H groups in total. The number of allylic oxidation sites excluding steroid dienone is 1. The third-order valence-electron chi connectivity index (χ3n) is 2.11. The summed E-state index contributed by atoms with van der Waals surface area (Å²) in [4.78, 5) is 12.8. The molecule has 2 aliphatic heterocycles. The van der Waals surface area contributed by atoms with E-state index in [-0.39, 0.29) is 5.91 Å². The van der Waals surface area contributed by atoms with Crippen molar-refractivity contribution >= 4 is 29.3 Å². The highest BCUT2D eigenvalue weighted by Crippen LogP contribution is 2.37. The molecule has 1 amide bonds. The van der Waals surface area contributed by atoms with Crippen molar-refractivity contribution in [2.75, 3.05) is 5.88 Å². The molecule has 2 nitrogen and oxygen atoms in total. The van der Waals surface area contributed by atoms with Gasteiger partial charge in [0.15, 0.2) is 0 Å². The van der Waals surface area contributed by atoms with Gasteiger partial charge in [0.1, 0.15) is 0 Å². The number of hydrogen-bond donors (Lipinski definition) is 0. The Morgan fingerprint density at radius 3 is 3.23 bits per heavy atom. The van der Waals surface area contributed by atoms with Crippen molar-refractivity contribution in [2.45, 2.75) is 17.0 Å². The first kappa shape index (κ1) is 9.16.